The van der Waals surface area contributed by atoms with E-state index in [4.69, 9.17) is 9.47 Å². The van der Waals surface area contributed by atoms with Gasteiger partial charge < -0.3 is 14.4 Å². The maximum absolute atomic E-state index is 13.6. The normalized spacial score (nSPS) is 11.0. The summed E-state index contributed by atoms with van der Waals surface area (Å²) in [5, 5.41) is 0. The van der Waals surface area contributed by atoms with E-state index < -0.39 is 10.0 Å². The molecule has 0 unspecified atom stereocenters. The summed E-state index contributed by atoms with van der Waals surface area (Å²) in [7, 11) is 0.444. The van der Waals surface area contributed by atoms with Crippen LogP contribution in [0.2, 0.25) is 0 Å². The van der Waals surface area contributed by atoms with E-state index in [1.54, 1.807) is 43.4 Å². The number of carbonyl (C=O) groups excluding carboxylic acids is 1. The molecule has 0 aliphatic carbocycles. The van der Waals surface area contributed by atoms with Crippen LogP contribution in [0.25, 0.3) is 0 Å². The number of para-hydroxylation sites is 1. The lowest BCUT2D eigenvalue weighted by Crippen LogP contribution is -2.41. The van der Waals surface area contributed by atoms with Crippen molar-refractivity contribution >= 4 is 27.3 Å². The highest BCUT2D eigenvalue weighted by Gasteiger charge is 2.29. The SMILES string of the molecule is COc1ccc(S(=O)(=O)N(CC(=O)N(C)c2ccccc2)c2ccc(C)cc2)cc1OC. The fraction of sp³-hybridized carbons (Fsp3) is 0.208. The second-order valence-corrected chi connectivity index (χ2v) is 9.01. The van der Waals surface area contributed by atoms with Crippen LogP contribution < -0.4 is 18.7 Å². The Balaban J connectivity index is 2.03. The molecule has 0 radical (unpaired) electrons. The van der Waals surface area contributed by atoms with Crippen LogP contribution in [-0.4, -0.2) is 42.1 Å². The van der Waals surface area contributed by atoms with E-state index in [-0.39, 0.29) is 23.1 Å². The highest BCUT2D eigenvalue weighted by molar-refractivity contribution is 7.92. The molecule has 0 saturated carbocycles. The van der Waals surface area contributed by atoms with Crippen molar-refractivity contribution in [3.8, 4) is 11.5 Å². The Kier molecular flexibility index (Phi) is 7.05. The maximum atomic E-state index is 13.6. The number of aryl methyl sites for hydroxylation is 1. The Labute approximate surface area is 188 Å². The van der Waals surface area contributed by atoms with E-state index in [1.807, 2.05) is 25.1 Å². The van der Waals surface area contributed by atoms with Crippen molar-refractivity contribution < 1.29 is 22.7 Å². The molecule has 0 fully saturated rings. The Bertz CT molecular complexity index is 1180. The zero-order chi connectivity index (χ0) is 23.3. The molecule has 0 heterocycles. The third-order valence-electron chi connectivity index (χ3n) is 5.06. The summed E-state index contributed by atoms with van der Waals surface area (Å²) < 4.78 is 38.9. The van der Waals surface area contributed by atoms with Crippen LogP contribution in [0.4, 0.5) is 11.4 Å². The summed E-state index contributed by atoms with van der Waals surface area (Å²) >= 11 is 0. The lowest BCUT2D eigenvalue weighted by molar-refractivity contribution is -0.116. The molecule has 0 aromatic heterocycles. The van der Waals surface area contributed by atoms with Crippen molar-refractivity contribution in [3.05, 3.63) is 78.4 Å². The average Bonchev–Trinajstić information content (AvgIpc) is 2.82. The van der Waals surface area contributed by atoms with Crippen molar-refractivity contribution in [2.75, 3.05) is 37.0 Å². The highest BCUT2D eigenvalue weighted by Crippen LogP contribution is 2.32. The predicted octanol–water partition coefficient (Wildman–Crippen LogP) is 3.87. The number of hydrogen-bond acceptors (Lipinski definition) is 5. The van der Waals surface area contributed by atoms with Gasteiger partial charge in [0.15, 0.2) is 11.5 Å². The van der Waals surface area contributed by atoms with E-state index in [9.17, 15) is 13.2 Å². The summed E-state index contributed by atoms with van der Waals surface area (Å²) in [6.07, 6.45) is 0. The molecule has 0 N–H and O–H groups in total. The molecule has 3 aromatic rings. The number of methoxy groups -OCH3 is 2. The van der Waals surface area contributed by atoms with Crippen LogP contribution in [-0.2, 0) is 14.8 Å². The van der Waals surface area contributed by atoms with E-state index in [2.05, 4.69) is 0 Å². The van der Waals surface area contributed by atoms with Crippen molar-refractivity contribution in [2.24, 2.45) is 0 Å². The molecule has 0 saturated heterocycles. The minimum atomic E-state index is -4.09. The number of benzene rings is 3. The predicted molar refractivity (Wildman–Crippen MR) is 125 cm³/mol. The van der Waals surface area contributed by atoms with Gasteiger partial charge in [-0.15, -0.1) is 0 Å². The fourth-order valence-corrected chi connectivity index (χ4v) is 4.58. The van der Waals surface area contributed by atoms with Gasteiger partial charge in [-0.3, -0.25) is 9.10 Å². The lowest BCUT2D eigenvalue weighted by atomic mass is 10.2. The Morgan fingerprint density at radius 3 is 2.06 bits per heavy atom. The van der Waals surface area contributed by atoms with E-state index >= 15 is 0 Å². The van der Waals surface area contributed by atoms with Gasteiger partial charge in [0.1, 0.15) is 6.54 Å². The number of likely N-dealkylation sites (N-methyl/N-ethyl adjacent to an activating group) is 1. The standard InChI is InChI=1S/C24H26N2O5S/c1-18-10-12-20(13-11-18)26(17-24(27)25(2)19-8-6-5-7-9-19)32(28,29)21-14-15-22(30-3)23(16-21)31-4/h5-16H,17H2,1-4H3. The molecule has 0 atom stereocenters. The van der Waals surface area contributed by atoms with Gasteiger partial charge in [-0.2, -0.15) is 0 Å². The van der Waals surface area contributed by atoms with E-state index in [0.717, 1.165) is 9.87 Å². The first-order chi connectivity index (χ1) is 15.3. The monoisotopic (exact) mass is 454 g/mol. The molecule has 7 nitrogen and oxygen atoms in total. The first kappa shape index (κ1) is 23.1. The third-order valence-corrected chi connectivity index (χ3v) is 6.83. The van der Waals surface area contributed by atoms with Gasteiger partial charge in [0.05, 0.1) is 24.8 Å². The minimum absolute atomic E-state index is 0.00844. The number of hydrogen-bond donors (Lipinski definition) is 0. The van der Waals surface area contributed by atoms with Gasteiger partial charge in [0.2, 0.25) is 5.91 Å². The Morgan fingerprint density at radius 2 is 1.47 bits per heavy atom. The van der Waals surface area contributed by atoms with E-state index in [1.165, 1.54) is 37.3 Å². The second-order valence-electron chi connectivity index (χ2n) is 7.15. The summed E-state index contributed by atoms with van der Waals surface area (Å²) in [5.74, 6) is 0.319. The van der Waals surface area contributed by atoms with Crippen LogP contribution in [0, 0.1) is 6.92 Å². The smallest absolute Gasteiger partial charge is 0.264 e. The number of rotatable bonds is 8. The summed E-state index contributed by atoms with van der Waals surface area (Å²) in [6, 6.07) is 20.4. The number of carbonyl (C=O) groups is 1. The molecule has 3 aromatic carbocycles. The minimum Gasteiger partial charge on any atom is -0.493 e. The number of amides is 1. The molecular weight excluding hydrogens is 428 g/mol. The second kappa shape index (κ2) is 9.74. The van der Waals surface area contributed by atoms with Crippen LogP contribution in [0.3, 0.4) is 0 Å². The average molecular weight is 455 g/mol. The molecule has 0 aliphatic heterocycles. The van der Waals surface area contributed by atoms with Gasteiger partial charge in [-0.05, 0) is 43.3 Å². The third kappa shape index (κ3) is 4.86. The van der Waals surface area contributed by atoms with Crippen LogP contribution >= 0.6 is 0 Å². The van der Waals surface area contributed by atoms with Gasteiger partial charge in [0, 0.05) is 18.8 Å². The number of sulfonamides is 1. The summed E-state index contributed by atoms with van der Waals surface area (Å²) in [5.41, 5.74) is 2.04. The first-order valence-corrected chi connectivity index (χ1v) is 11.3. The van der Waals surface area contributed by atoms with Crippen molar-refractivity contribution in [3.63, 3.8) is 0 Å². The lowest BCUT2D eigenvalue weighted by Gasteiger charge is -2.27. The number of ether oxygens (including phenoxy) is 2. The zero-order valence-corrected chi connectivity index (χ0v) is 19.3. The molecule has 32 heavy (non-hydrogen) atoms. The van der Waals surface area contributed by atoms with Gasteiger partial charge in [-0.25, -0.2) is 8.42 Å². The molecule has 0 bridgehead atoms. The van der Waals surface area contributed by atoms with Gasteiger partial charge in [0.25, 0.3) is 10.0 Å². The van der Waals surface area contributed by atoms with Gasteiger partial charge in [-0.1, -0.05) is 35.9 Å². The summed E-state index contributed by atoms with van der Waals surface area (Å²) in [6.45, 7) is 1.54. The summed E-state index contributed by atoms with van der Waals surface area (Å²) in [4.78, 5) is 14.5. The topological polar surface area (TPSA) is 76.2 Å². The quantitative estimate of drug-likeness (QED) is 0.516. The molecule has 8 heteroatoms. The van der Waals surface area contributed by atoms with Crippen molar-refractivity contribution in [1.29, 1.82) is 0 Å². The van der Waals surface area contributed by atoms with Crippen LogP contribution in [0.5, 0.6) is 11.5 Å². The number of nitrogens with zero attached hydrogens (tertiary/aromatic N) is 2. The molecule has 1 amide bonds. The largest absolute Gasteiger partial charge is 0.493 e. The molecule has 0 aliphatic rings. The molecule has 0 spiro atoms. The zero-order valence-electron chi connectivity index (χ0n) is 18.5. The molecule has 168 valence electrons. The number of anilines is 2. The van der Waals surface area contributed by atoms with Crippen LogP contribution in [0.15, 0.2) is 77.7 Å². The first-order valence-electron chi connectivity index (χ1n) is 9.91. The van der Waals surface area contributed by atoms with Crippen molar-refractivity contribution in [2.45, 2.75) is 11.8 Å². The highest BCUT2D eigenvalue weighted by atomic mass is 32.2. The van der Waals surface area contributed by atoms with Crippen LogP contribution in [0.1, 0.15) is 5.56 Å². The van der Waals surface area contributed by atoms with E-state index in [0.29, 0.717) is 17.1 Å². The fourth-order valence-electron chi connectivity index (χ4n) is 3.15. The van der Waals surface area contributed by atoms with Crippen molar-refractivity contribution in [1.82, 2.24) is 0 Å². The Hall–Kier alpha value is -3.52. The maximum Gasteiger partial charge on any atom is 0.264 e. The molecule has 3 rings (SSSR count). The Morgan fingerprint density at radius 1 is 0.844 bits per heavy atom. The molecular formula is C24H26N2O5S. The van der Waals surface area contributed by atoms with Gasteiger partial charge >= 0.3 is 0 Å².